The summed E-state index contributed by atoms with van der Waals surface area (Å²) in [6.07, 6.45) is 5.98. The van der Waals surface area contributed by atoms with Gasteiger partial charge in [0.25, 0.3) is 0 Å². The molecule has 0 spiro atoms. The molecule has 0 atom stereocenters. The second-order valence-corrected chi connectivity index (χ2v) is 4.34. The zero-order valence-corrected chi connectivity index (χ0v) is 9.19. The number of rotatable bonds is 6. The van der Waals surface area contributed by atoms with E-state index < -0.39 is 5.97 Å². The van der Waals surface area contributed by atoms with Crippen molar-refractivity contribution in [2.45, 2.75) is 44.9 Å². The molecule has 5 nitrogen and oxygen atoms in total. The van der Waals surface area contributed by atoms with Gasteiger partial charge in [-0.1, -0.05) is 6.42 Å². The Hall–Kier alpha value is -1.39. The van der Waals surface area contributed by atoms with Crippen molar-refractivity contribution >= 4 is 5.97 Å². The number of hydrogen-bond donors (Lipinski definition) is 1. The number of nitrogens with zero attached hydrogens (tertiary/aromatic N) is 2. The lowest BCUT2D eigenvalue weighted by Gasteiger charge is -2.23. The summed E-state index contributed by atoms with van der Waals surface area (Å²) in [6.45, 7) is 0. The van der Waals surface area contributed by atoms with Crippen LogP contribution in [0.1, 0.15) is 43.9 Å². The third-order valence-corrected chi connectivity index (χ3v) is 2.98. The first-order valence-electron chi connectivity index (χ1n) is 5.77. The van der Waals surface area contributed by atoms with Gasteiger partial charge in [0.2, 0.25) is 11.8 Å². The molecule has 1 aromatic heterocycles. The van der Waals surface area contributed by atoms with Crippen LogP contribution in [0.4, 0.5) is 0 Å². The second kappa shape index (κ2) is 5.09. The van der Waals surface area contributed by atoms with Crippen molar-refractivity contribution in [2.24, 2.45) is 5.92 Å². The molecule has 1 aliphatic rings. The molecule has 1 aliphatic carbocycles. The first kappa shape index (κ1) is 11.1. The highest BCUT2D eigenvalue weighted by Gasteiger charge is 2.20. The molecule has 0 radical (unpaired) electrons. The molecule has 1 heterocycles. The van der Waals surface area contributed by atoms with Gasteiger partial charge in [-0.15, -0.1) is 10.2 Å². The van der Waals surface area contributed by atoms with E-state index >= 15 is 0 Å². The SMILES string of the molecule is O=C(O)CCCc1nnc(CC2CCC2)o1. The third kappa shape index (κ3) is 3.05. The standard InChI is InChI=1S/C11H16N2O3/c14-11(15)6-2-5-9-12-13-10(16-9)7-8-3-1-4-8/h8H,1-7H2,(H,14,15). The summed E-state index contributed by atoms with van der Waals surface area (Å²) in [5.41, 5.74) is 0. The molecule has 1 aromatic rings. The summed E-state index contributed by atoms with van der Waals surface area (Å²) >= 11 is 0. The Morgan fingerprint density at radius 2 is 2.12 bits per heavy atom. The summed E-state index contributed by atoms with van der Waals surface area (Å²) in [7, 11) is 0. The highest BCUT2D eigenvalue weighted by atomic mass is 16.4. The van der Waals surface area contributed by atoms with Crippen molar-refractivity contribution in [2.75, 3.05) is 0 Å². The zero-order chi connectivity index (χ0) is 11.4. The minimum absolute atomic E-state index is 0.153. The molecule has 0 aliphatic heterocycles. The lowest BCUT2D eigenvalue weighted by molar-refractivity contribution is -0.137. The molecule has 0 amide bonds. The van der Waals surface area contributed by atoms with E-state index in [4.69, 9.17) is 9.52 Å². The number of carbonyl (C=O) groups is 1. The molecule has 1 N–H and O–H groups in total. The molecule has 2 rings (SSSR count). The summed E-state index contributed by atoms with van der Waals surface area (Å²) in [4.78, 5) is 10.3. The van der Waals surface area contributed by atoms with Crippen LogP contribution >= 0.6 is 0 Å². The maximum atomic E-state index is 10.3. The van der Waals surface area contributed by atoms with Crippen molar-refractivity contribution in [1.29, 1.82) is 0 Å². The minimum Gasteiger partial charge on any atom is -0.481 e. The number of aryl methyl sites for hydroxylation is 1. The Kier molecular flexibility index (Phi) is 3.54. The Balaban J connectivity index is 1.75. The Morgan fingerprint density at radius 1 is 1.38 bits per heavy atom. The predicted molar refractivity (Wildman–Crippen MR) is 55.9 cm³/mol. The quantitative estimate of drug-likeness (QED) is 0.797. The molecule has 5 heteroatoms. The van der Waals surface area contributed by atoms with E-state index in [9.17, 15) is 4.79 Å². The lowest BCUT2D eigenvalue weighted by Crippen LogP contribution is -2.13. The van der Waals surface area contributed by atoms with Crippen LogP contribution in [-0.2, 0) is 17.6 Å². The molecule has 16 heavy (non-hydrogen) atoms. The van der Waals surface area contributed by atoms with Crippen LogP contribution < -0.4 is 0 Å². The van der Waals surface area contributed by atoms with Crippen molar-refractivity contribution < 1.29 is 14.3 Å². The van der Waals surface area contributed by atoms with Crippen molar-refractivity contribution in [3.05, 3.63) is 11.8 Å². The number of carboxylic acids is 1. The Bertz CT molecular complexity index is 358. The number of hydrogen-bond acceptors (Lipinski definition) is 4. The average molecular weight is 224 g/mol. The number of aliphatic carboxylic acids is 1. The van der Waals surface area contributed by atoms with Gasteiger partial charge in [-0.25, -0.2) is 0 Å². The highest BCUT2D eigenvalue weighted by molar-refractivity contribution is 5.66. The van der Waals surface area contributed by atoms with Gasteiger partial charge in [0.1, 0.15) is 0 Å². The van der Waals surface area contributed by atoms with E-state index in [1.807, 2.05) is 0 Å². The molecule has 88 valence electrons. The first-order valence-corrected chi connectivity index (χ1v) is 5.77. The monoisotopic (exact) mass is 224 g/mol. The van der Waals surface area contributed by atoms with Crippen LogP contribution in [0, 0.1) is 5.92 Å². The van der Waals surface area contributed by atoms with E-state index in [-0.39, 0.29) is 6.42 Å². The van der Waals surface area contributed by atoms with Crippen molar-refractivity contribution in [3.8, 4) is 0 Å². The molecule has 0 saturated heterocycles. The zero-order valence-electron chi connectivity index (χ0n) is 9.19. The largest absolute Gasteiger partial charge is 0.481 e. The van der Waals surface area contributed by atoms with Gasteiger partial charge in [-0.3, -0.25) is 4.79 Å². The maximum Gasteiger partial charge on any atom is 0.303 e. The molecule has 0 bridgehead atoms. The van der Waals surface area contributed by atoms with Crippen LogP contribution in [0.15, 0.2) is 4.42 Å². The smallest absolute Gasteiger partial charge is 0.303 e. The Labute approximate surface area is 93.9 Å². The lowest BCUT2D eigenvalue weighted by atomic mass is 9.83. The summed E-state index contributed by atoms with van der Waals surface area (Å²) in [5.74, 6) is 1.20. The topological polar surface area (TPSA) is 76.2 Å². The third-order valence-electron chi connectivity index (χ3n) is 2.98. The fourth-order valence-electron chi connectivity index (χ4n) is 1.81. The van der Waals surface area contributed by atoms with Crippen LogP contribution in [0.5, 0.6) is 0 Å². The normalized spacial score (nSPS) is 16.0. The fourth-order valence-corrected chi connectivity index (χ4v) is 1.81. The van der Waals surface area contributed by atoms with Gasteiger partial charge >= 0.3 is 5.97 Å². The van der Waals surface area contributed by atoms with Crippen molar-refractivity contribution in [3.63, 3.8) is 0 Å². The molecule has 1 fully saturated rings. The molecular formula is C11H16N2O3. The minimum atomic E-state index is -0.783. The molecule has 1 saturated carbocycles. The molecule has 0 aromatic carbocycles. The fraction of sp³-hybridized carbons (Fsp3) is 0.727. The van der Waals surface area contributed by atoms with Gasteiger partial charge in [-0.05, 0) is 25.2 Å². The highest BCUT2D eigenvalue weighted by Crippen LogP contribution is 2.29. The van der Waals surface area contributed by atoms with Crippen LogP contribution in [0.3, 0.4) is 0 Å². The first-order chi connectivity index (χ1) is 7.74. The maximum absolute atomic E-state index is 10.3. The summed E-state index contributed by atoms with van der Waals surface area (Å²) < 4.78 is 5.46. The van der Waals surface area contributed by atoms with Gasteiger partial charge in [0, 0.05) is 19.3 Å². The van der Waals surface area contributed by atoms with Gasteiger partial charge in [0.05, 0.1) is 0 Å². The van der Waals surface area contributed by atoms with Gasteiger partial charge in [0.15, 0.2) is 0 Å². The Morgan fingerprint density at radius 3 is 2.75 bits per heavy atom. The van der Waals surface area contributed by atoms with Crippen LogP contribution in [0.2, 0.25) is 0 Å². The van der Waals surface area contributed by atoms with Gasteiger partial charge < -0.3 is 9.52 Å². The van der Waals surface area contributed by atoms with E-state index in [0.717, 1.165) is 6.42 Å². The van der Waals surface area contributed by atoms with Gasteiger partial charge in [-0.2, -0.15) is 0 Å². The van der Waals surface area contributed by atoms with Crippen molar-refractivity contribution in [1.82, 2.24) is 10.2 Å². The summed E-state index contributed by atoms with van der Waals surface area (Å²) in [6, 6.07) is 0. The second-order valence-electron chi connectivity index (χ2n) is 4.34. The number of aromatic nitrogens is 2. The van der Waals surface area contributed by atoms with E-state index in [0.29, 0.717) is 30.5 Å². The van der Waals surface area contributed by atoms with E-state index in [1.165, 1.54) is 19.3 Å². The molecule has 0 unspecified atom stereocenters. The van der Waals surface area contributed by atoms with Crippen LogP contribution in [-0.4, -0.2) is 21.3 Å². The van der Waals surface area contributed by atoms with Crippen LogP contribution in [0.25, 0.3) is 0 Å². The predicted octanol–water partition coefficient (Wildman–Crippen LogP) is 1.82. The van der Waals surface area contributed by atoms with E-state index in [1.54, 1.807) is 0 Å². The molecular weight excluding hydrogens is 208 g/mol. The average Bonchev–Trinajstić information content (AvgIpc) is 2.59. The summed E-state index contributed by atoms with van der Waals surface area (Å²) in [5, 5.41) is 16.4. The van der Waals surface area contributed by atoms with E-state index in [2.05, 4.69) is 10.2 Å². The number of carboxylic acid groups (broad SMARTS) is 1.